The van der Waals surface area contributed by atoms with Crippen LogP contribution in [0.1, 0.15) is 22.5 Å². The summed E-state index contributed by atoms with van der Waals surface area (Å²) in [6.45, 7) is 8.65. The Morgan fingerprint density at radius 2 is 1.69 bits per heavy atom. The fourth-order valence-electron chi connectivity index (χ4n) is 4.44. The highest BCUT2D eigenvalue weighted by atomic mass is 32.1. The van der Waals surface area contributed by atoms with Gasteiger partial charge >= 0.3 is 0 Å². The van der Waals surface area contributed by atoms with E-state index in [4.69, 9.17) is 4.98 Å². The van der Waals surface area contributed by atoms with Crippen LogP contribution < -0.4 is 4.57 Å². The lowest BCUT2D eigenvalue weighted by molar-refractivity contribution is -0.659. The molecule has 0 unspecified atom stereocenters. The van der Waals surface area contributed by atoms with Crippen LogP contribution in [-0.4, -0.2) is 14.1 Å². The molecule has 0 saturated carbocycles. The van der Waals surface area contributed by atoms with Crippen molar-refractivity contribution >= 4 is 31.8 Å². The van der Waals surface area contributed by atoms with E-state index in [0.29, 0.717) is 0 Å². The lowest BCUT2D eigenvalue weighted by Crippen LogP contribution is -2.29. The summed E-state index contributed by atoms with van der Waals surface area (Å²) in [5.41, 5.74) is 7.62. The number of fused-ring (bicyclic) bond motifs is 3. The number of aromatic nitrogens is 4. The summed E-state index contributed by atoms with van der Waals surface area (Å²) in [5, 5.41) is 1.28. The number of imidazole rings is 2. The Morgan fingerprint density at radius 1 is 0.966 bits per heavy atom. The maximum absolute atomic E-state index is 4.80. The first kappa shape index (κ1) is 18.1. The van der Waals surface area contributed by atoms with Gasteiger partial charge < -0.3 is 4.57 Å². The van der Waals surface area contributed by atoms with Gasteiger partial charge in [-0.3, -0.25) is 0 Å². The van der Waals surface area contributed by atoms with Gasteiger partial charge in [0.2, 0.25) is 0 Å². The number of para-hydroxylation sites is 1. The van der Waals surface area contributed by atoms with E-state index >= 15 is 0 Å². The van der Waals surface area contributed by atoms with Crippen LogP contribution in [0.3, 0.4) is 0 Å². The van der Waals surface area contributed by atoms with Gasteiger partial charge in [-0.05, 0) is 44.4 Å². The van der Waals surface area contributed by atoms with Crippen molar-refractivity contribution in [3.63, 3.8) is 0 Å². The lowest BCUT2D eigenvalue weighted by atomic mass is 10.0. The van der Waals surface area contributed by atoms with Gasteiger partial charge in [0.25, 0.3) is 5.82 Å². The Morgan fingerprint density at radius 3 is 2.41 bits per heavy atom. The molecule has 2 aromatic carbocycles. The zero-order chi connectivity index (χ0) is 20.4. The molecule has 0 fully saturated rings. The van der Waals surface area contributed by atoms with E-state index in [-0.39, 0.29) is 0 Å². The van der Waals surface area contributed by atoms with E-state index in [0.717, 1.165) is 10.7 Å². The topological polar surface area (TPSA) is 26.6 Å². The second-order valence-corrected chi connectivity index (χ2v) is 8.95. The molecule has 3 heterocycles. The van der Waals surface area contributed by atoms with Gasteiger partial charge in [-0.15, -0.1) is 11.3 Å². The van der Waals surface area contributed by atoms with Crippen LogP contribution in [0.2, 0.25) is 0 Å². The molecule has 0 atom stereocenters. The molecule has 0 amide bonds. The molecule has 4 nitrogen and oxygen atoms in total. The summed E-state index contributed by atoms with van der Waals surface area (Å²) < 4.78 is 8.09. The Labute approximate surface area is 174 Å². The maximum Gasteiger partial charge on any atom is 0.295 e. The summed E-state index contributed by atoms with van der Waals surface area (Å²) in [4.78, 5) is 5.91. The number of benzene rings is 2. The number of hydrogen-bond donors (Lipinski definition) is 0. The minimum atomic E-state index is 1.06. The van der Waals surface area contributed by atoms with Gasteiger partial charge in [-0.2, -0.15) is 4.57 Å². The van der Waals surface area contributed by atoms with Crippen molar-refractivity contribution in [2.24, 2.45) is 14.1 Å². The fourth-order valence-corrected chi connectivity index (χ4v) is 5.78. The maximum atomic E-state index is 4.80. The molecule has 5 rings (SSSR count). The second-order valence-electron chi connectivity index (χ2n) is 7.95. The number of aryl methyl sites for hydroxylation is 6. The average molecular weight is 402 g/mol. The summed E-state index contributed by atoms with van der Waals surface area (Å²) in [6.07, 6.45) is 4.33. The Hall–Kier alpha value is -2.92. The van der Waals surface area contributed by atoms with Crippen LogP contribution in [0, 0.1) is 27.7 Å². The van der Waals surface area contributed by atoms with Gasteiger partial charge in [0.1, 0.15) is 28.7 Å². The Kier molecular flexibility index (Phi) is 3.93. The Balaban J connectivity index is 1.90. The molecule has 0 aliphatic carbocycles. The monoisotopic (exact) mass is 401 g/mol. The largest absolute Gasteiger partial charge is 0.330 e. The van der Waals surface area contributed by atoms with E-state index in [1.54, 1.807) is 11.3 Å². The van der Waals surface area contributed by atoms with Gasteiger partial charge in [0, 0.05) is 12.4 Å². The first-order chi connectivity index (χ1) is 13.9. The third-order valence-corrected chi connectivity index (χ3v) is 7.12. The van der Waals surface area contributed by atoms with E-state index < -0.39 is 0 Å². The molecule has 0 N–H and O–H groups in total. The SMILES string of the molecule is Cc1cccc(C)c1-n1cc[n+](C)c1-c1c(C)ccc2c1sc1nc(C)n(C)c12. The first-order valence-corrected chi connectivity index (χ1v) is 10.7. The van der Waals surface area contributed by atoms with E-state index in [2.05, 4.69) is 98.2 Å². The summed E-state index contributed by atoms with van der Waals surface area (Å²) in [6, 6.07) is 11.0. The van der Waals surface area contributed by atoms with Crippen molar-refractivity contribution in [1.29, 1.82) is 0 Å². The van der Waals surface area contributed by atoms with Gasteiger partial charge in [0.05, 0.1) is 22.8 Å². The number of hydrogen-bond acceptors (Lipinski definition) is 2. The normalized spacial score (nSPS) is 11.8. The highest BCUT2D eigenvalue weighted by Crippen LogP contribution is 2.41. The summed E-state index contributed by atoms with van der Waals surface area (Å²) >= 11 is 1.80. The average Bonchev–Trinajstić information content (AvgIpc) is 3.29. The molecule has 0 spiro atoms. The van der Waals surface area contributed by atoms with Gasteiger partial charge in [-0.1, -0.05) is 30.3 Å². The third kappa shape index (κ3) is 2.50. The van der Waals surface area contributed by atoms with Crippen LogP contribution in [0.5, 0.6) is 0 Å². The molecule has 3 aromatic heterocycles. The minimum Gasteiger partial charge on any atom is -0.330 e. The standard InChI is InChI=1S/C24H25N4S/c1-14-10-11-18-21-23(25-17(4)27(21)6)29-22(18)19(14)24-26(5)12-13-28(24)20-15(2)8-7-9-16(20)3/h7-13H,1-6H3/q+1. The fraction of sp³-hybridized carbons (Fsp3) is 0.250. The van der Waals surface area contributed by atoms with Crippen molar-refractivity contribution in [2.45, 2.75) is 27.7 Å². The van der Waals surface area contributed by atoms with E-state index in [1.165, 1.54) is 49.4 Å². The van der Waals surface area contributed by atoms with E-state index in [9.17, 15) is 0 Å². The third-order valence-electron chi connectivity index (χ3n) is 6.01. The van der Waals surface area contributed by atoms with Crippen molar-refractivity contribution < 1.29 is 4.57 Å². The van der Waals surface area contributed by atoms with Crippen LogP contribution in [0.15, 0.2) is 42.7 Å². The molecule has 0 saturated heterocycles. The molecule has 0 aliphatic rings. The molecule has 5 heteroatoms. The quantitative estimate of drug-likeness (QED) is 0.369. The van der Waals surface area contributed by atoms with Crippen molar-refractivity contribution in [3.05, 3.63) is 65.2 Å². The molecule has 0 bridgehead atoms. The highest BCUT2D eigenvalue weighted by molar-refractivity contribution is 7.26. The molecule has 146 valence electrons. The number of thiophene rings is 1. The second kappa shape index (κ2) is 6.29. The van der Waals surface area contributed by atoms with Crippen LogP contribution in [0.25, 0.3) is 37.5 Å². The first-order valence-electron chi connectivity index (χ1n) is 9.87. The predicted molar refractivity (Wildman–Crippen MR) is 121 cm³/mol. The van der Waals surface area contributed by atoms with Gasteiger partial charge in [-0.25, -0.2) is 9.55 Å². The zero-order valence-corrected chi connectivity index (χ0v) is 18.6. The summed E-state index contributed by atoms with van der Waals surface area (Å²) in [5.74, 6) is 2.26. The highest BCUT2D eigenvalue weighted by Gasteiger charge is 2.27. The number of nitrogens with zero attached hydrogens (tertiary/aromatic N) is 4. The van der Waals surface area contributed by atoms with Crippen LogP contribution in [0.4, 0.5) is 0 Å². The predicted octanol–water partition coefficient (Wildman–Crippen LogP) is 5.30. The van der Waals surface area contributed by atoms with Crippen molar-refractivity contribution in [2.75, 3.05) is 0 Å². The van der Waals surface area contributed by atoms with E-state index in [1.807, 2.05) is 0 Å². The van der Waals surface area contributed by atoms with Gasteiger partial charge in [0.15, 0.2) is 0 Å². The molecular weight excluding hydrogens is 376 g/mol. The molecule has 0 aliphatic heterocycles. The number of rotatable bonds is 2. The van der Waals surface area contributed by atoms with Crippen molar-refractivity contribution in [1.82, 2.24) is 14.1 Å². The van der Waals surface area contributed by atoms with Crippen LogP contribution in [-0.2, 0) is 14.1 Å². The minimum absolute atomic E-state index is 1.06. The molecule has 29 heavy (non-hydrogen) atoms. The smallest absolute Gasteiger partial charge is 0.295 e. The summed E-state index contributed by atoms with van der Waals surface area (Å²) in [7, 11) is 4.24. The molecule has 5 aromatic rings. The molecule has 0 radical (unpaired) electrons. The lowest BCUT2D eigenvalue weighted by Gasteiger charge is -2.11. The van der Waals surface area contributed by atoms with Crippen LogP contribution >= 0.6 is 11.3 Å². The zero-order valence-electron chi connectivity index (χ0n) is 17.7. The molecular formula is C24H25N4S+. The Bertz CT molecular complexity index is 1390. The van der Waals surface area contributed by atoms with Crippen molar-refractivity contribution in [3.8, 4) is 17.1 Å².